The van der Waals surface area contributed by atoms with Gasteiger partial charge in [0.2, 0.25) is 11.8 Å². The molecule has 1 aliphatic heterocycles. The molecule has 1 N–H and O–H groups in total. The first-order valence-electron chi connectivity index (χ1n) is 7.31. The van der Waals surface area contributed by atoms with E-state index in [1.807, 2.05) is 18.2 Å². The molecule has 2 aromatic rings. The zero-order valence-corrected chi connectivity index (χ0v) is 13.0. The highest BCUT2D eigenvalue weighted by molar-refractivity contribution is 6.04. The van der Waals surface area contributed by atoms with Crippen LogP contribution in [0.15, 0.2) is 36.7 Å². The van der Waals surface area contributed by atoms with Crippen molar-refractivity contribution in [2.45, 2.75) is 6.42 Å². The number of anilines is 2. The van der Waals surface area contributed by atoms with Crippen molar-refractivity contribution in [3.05, 3.63) is 36.7 Å². The predicted octanol–water partition coefficient (Wildman–Crippen LogP) is 1.42. The Kier molecular flexibility index (Phi) is 4.01. The SMILES string of the molecule is COc1ccccc1N1CC(C(=O)Nc2cnn(C)c2)CC1=O. The van der Waals surface area contributed by atoms with Gasteiger partial charge in [0.05, 0.1) is 30.6 Å². The van der Waals surface area contributed by atoms with Crippen molar-refractivity contribution in [3.63, 3.8) is 0 Å². The number of aromatic nitrogens is 2. The molecule has 7 heteroatoms. The van der Waals surface area contributed by atoms with Crippen molar-refractivity contribution in [1.82, 2.24) is 9.78 Å². The molecule has 120 valence electrons. The number of para-hydroxylation sites is 2. The highest BCUT2D eigenvalue weighted by Gasteiger charge is 2.36. The summed E-state index contributed by atoms with van der Waals surface area (Å²) in [6.07, 6.45) is 3.48. The molecule has 2 heterocycles. The molecular formula is C16H18N4O3. The average Bonchev–Trinajstić information content (AvgIpc) is 3.13. The molecule has 1 aliphatic rings. The molecule has 1 aromatic heterocycles. The highest BCUT2D eigenvalue weighted by Crippen LogP contribution is 2.33. The minimum Gasteiger partial charge on any atom is -0.495 e. The molecule has 0 spiro atoms. The van der Waals surface area contributed by atoms with Gasteiger partial charge in [-0.1, -0.05) is 12.1 Å². The molecule has 1 unspecified atom stereocenters. The number of nitrogens with one attached hydrogen (secondary N) is 1. The van der Waals surface area contributed by atoms with Crippen LogP contribution in [-0.4, -0.2) is 35.2 Å². The van der Waals surface area contributed by atoms with E-state index < -0.39 is 5.92 Å². The Morgan fingerprint density at radius 3 is 2.87 bits per heavy atom. The van der Waals surface area contributed by atoms with Crippen molar-refractivity contribution >= 4 is 23.2 Å². The van der Waals surface area contributed by atoms with E-state index in [-0.39, 0.29) is 18.2 Å². The van der Waals surface area contributed by atoms with Crippen LogP contribution in [0.4, 0.5) is 11.4 Å². The van der Waals surface area contributed by atoms with Crippen molar-refractivity contribution in [2.75, 3.05) is 23.9 Å². The standard InChI is InChI=1S/C16H18N4O3/c1-19-10-12(8-17-19)18-16(22)11-7-15(21)20(9-11)13-5-3-4-6-14(13)23-2/h3-6,8,10-11H,7,9H2,1-2H3,(H,18,22). The molecule has 0 aliphatic carbocycles. The quantitative estimate of drug-likeness (QED) is 0.926. The molecule has 2 amide bonds. The number of rotatable bonds is 4. The Morgan fingerprint density at radius 1 is 1.39 bits per heavy atom. The van der Waals surface area contributed by atoms with E-state index in [0.29, 0.717) is 23.7 Å². The van der Waals surface area contributed by atoms with Gasteiger partial charge in [-0.2, -0.15) is 5.10 Å². The summed E-state index contributed by atoms with van der Waals surface area (Å²) in [5.41, 5.74) is 1.32. The maximum Gasteiger partial charge on any atom is 0.229 e. The third-order valence-corrected chi connectivity index (χ3v) is 3.84. The Morgan fingerprint density at radius 2 is 2.17 bits per heavy atom. The summed E-state index contributed by atoms with van der Waals surface area (Å²) >= 11 is 0. The summed E-state index contributed by atoms with van der Waals surface area (Å²) in [5.74, 6) is -0.0358. The lowest BCUT2D eigenvalue weighted by Gasteiger charge is -2.19. The van der Waals surface area contributed by atoms with E-state index >= 15 is 0 Å². The molecule has 1 atom stereocenters. The summed E-state index contributed by atoms with van der Waals surface area (Å²) in [5, 5.41) is 6.80. The van der Waals surface area contributed by atoms with Crippen LogP contribution in [0.3, 0.4) is 0 Å². The Bertz CT molecular complexity index is 740. The van der Waals surface area contributed by atoms with Crippen molar-refractivity contribution < 1.29 is 14.3 Å². The second-order valence-corrected chi connectivity index (χ2v) is 5.47. The van der Waals surface area contributed by atoms with E-state index in [9.17, 15) is 9.59 Å². The van der Waals surface area contributed by atoms with Gasteiger partial charge in [-0.3, -0.25) is 14.3 Å². The van der Waals surface area contributed by atoms with E-state index in [1.165, 1.54) is 0 Å². The van der Waals surface area contributed by atoms with Crippen LogP contribution in [-0.2, 0) is 16.6 Å². The van der Waals surface area contributed by atoms with Crippen LogP contribution in [0.2, 0.25) is 0 Å². The number of carbonyl (C=O) groups excluding carboxylic acids is 2. The minimum absolute atomic E-state index is 0.0826. The van der Waals surface area contributed by atoms with Gasteiger partial charge in [0.1, 0.15) is 5.75 Å². The zero-order valence-electron chi connectivity index (χ0n) is 13.0. The normalized spacial score (nSPS) is 17.4. The molecule has 0 radical (unpaired) electrons. The Balaban J connectivity index is 1.73. The van der Waals surface area contributed by atoms with Gasteiger partial charge in [0.15, 0.2) is 0 Å². The molecular weight excluding hydrogens is 296 g/mol. The number of benzene rings is 1. The average molecular weight is 314 g/mol. The number of amides is 2. The molecule has 23 heavy (non-hydrogen) atoms. The number of hydrogen-bond acceptors (Lipinski definition) is 4. The van der Waals surface area contributed by atoms with Gasteiger partial charge in [-0.05, 0) is 12.1 Å². The van der Waals surface area contributed by atoms with Gasteiger partial charge >= 0.3 is 0 Å². The number of aryl methyl sites for hydroxylation is 1. The monoisotopic (exact) mass is 314 g/mol. The maximum atomic E-state index is 12.3. The molecule has 7 nitrogen and oxygen atoms in total. The van der Waals surface area contributed by atoms with Crippen LogP contribution in [0, 0.1) is 5.92 Å². The summed E-state index contributed by atoms with van der Waals surface area (Å²) in [4.78, 5) is 26.2. The first kappa shape index (κ1) is 15.1. The van der Waals surface area contributed by atoms with Gasteiger partial charge in [-0.15, -0.1) is 0 Å². The molecule has 1 aromatic carbocycles. The lowest BCUT2D eigenvalue weighted by molar-refractivity contribution is -0.122. The number of ether oxygens (including phenoxy) is 1. The largest absolute Gasteiger partial charge is 0.495 e. The molecule has 1 saturated heterocycles. The second kappa shape index (κ2) is 6.12. The van der Waals surface area contributed by atoms with Gasteiger partial charge in [0, 0.05) is 26.2 Å². The van der Waals surface area contributed by atoms with Gasteiger partial charge in [-0.25, -0.2) is 0 Å². The first-order valence-corrected chi connectivity index (χ1v) is 7.31. The van der Waals surface area contributed by atoms with E-state index in [4.69, 9.17) is 4.74 Å². The van der Waals surface area contributed by atoms with E-state index in [0.717, 1.165) is 0 Å². The van der Waals surface area contributed by atoms with Crippen LogP contribution in [0.25, 0.3) is 0 Å². The summed E-state index contributed by atoms with van der Waals surface area (Å²) in [6.45, 7) is 0.339. The Labute approximate surface area is 133 Å². The van der Waals surface area contributed by atoms with Crippen LogP contribution in [0.1, 0.15) is 6.42 Å². The van der Waals surface area contributed by atoms with Crippen molar-refractivity contribution in [1.29, 1.82) is 0 Å². The van der Waals surface area contributed by atoms with E-state index in [1.54, 1.807) is 42.2 Å². The smallest absolute Gasteiger partial charge is 0.229 e. The summed E-state index contributed by atoms with van der Waals surface area (Å²) < 4.78 is 6.90. The predicted molar refractivity (Wildman–Crippen MR) is 85.3 cm³/mol. The lowest BCUT2D eigenvalue weighted by atomic mass is 10.1. The molecule has 3 rings (SSSR count). The third-order valence-electron chi connectivity index (χ3n) is 3.84. The van der Waals surface area contributed by atoms with Crippen LogP contribution >= 0.6 is 0 Å². The summed E-state index contributed by atoms with van der Waals surface area (Å²) in [7, 11) is 3.34. The second-order valence-electron chi connectivity index (χ2n) is 5.47. The Hall–Kier alpha value is -2.83. The zero-order chi connectivity index (χ0) is 16.4. The first-order chi connectivity index (χ1) is 11.1. The van der Waals surface area contributed by atoms with Crippen LogP contribution in [0.5, 0.6) is 5.75 Å². The number of hydrogen-bond donors (Lipinski definition) is 1. The number of nitrogens with zero attached hydrogens (tertiary/aromatic N) is 3. The summed E-state index contributed by atoms with van der Waals surface area (Å²) in [6, 6.07) is 7.30. The topological polar surface area (TPSA) is 76.5 Å². The fourth-order valence-corrected chi connectivity index (χ4v) is 2.70. The van der Waals surface area contributed by atoms with E-state index in [2.05, 4.69) is 10.4 Å². The van der Waals surface area contributed by atoms with Crippen molar-refractivity contribution in [2.24, 2.45) is 13.0 Å². The minimum atomic E-state index is -0.396. The van der Waals surface area contributed by atoms with Gasteiger partial charge in [0.25, 0.3) is 0 Å². The number of methoxy groups -OCH3 is 1. The molecule has 1 fully saturated rings. The van der Waals surface area contributed by atoms with Gasteiger partial charge < -0.3 is 15.0 Å². The molecule has 0 saturated carbocycles. The van der Waals surface area contributed by atoms with Crippen molar-refractivity contribution in [3.8, 4) is 5.75 Å². The fraction of sp³-hybridized carbons (Fsp3) is 0.312. The molecule has 0 bridgehead atoms. The third kappa shape index (κ3) is 3.03. The lowest BCUT2D eigenvalue weighted by Crippen LogP contribution is -2.28. The number of carbonyl (C=O) groups is 2. The van der Waals surface area contributed by atoms with Crippen LogP contribution < -0.4 is 15.0 Å². The fourth-order valence-electron chi connectivity index (χ4n) is 2.70. The maximum absolute atomic E-state index is 12.3. The highest BCUT2D eigenvalue weighted by atomic mass is 16.5.